The van der Waals surface area contributed by atoms with Crippen LogP contribution in [0.1, 0.15) is 12.0 Å². The van der Waals surface area contributed by atoms with E-state index in [9.17, 15) is 18.3 Å². The Kier molecular flexibility index (Phi) is 5.07. The minimum Gasteiger partial charge on any atom is -0.504 e. The Bertz CT molecular complexity index is 717. The second kappa shape index (κ2) is 6.66. The fourth-order valence-electron chi connectivity index (χ4n) is 2.08. The molecule has 22 heavy (non-hydrogen) atoms. The van der Waals surface area contributed by atoms with Crippen molar-refractivity contribution in [2.45, 2.75) is 6.42 Å². The lowest BCUT2D eigenvalue weighted by Gasteiger charge is -2.07. The molecule has 1 heterocycles. The standard InChI is InChI=1S/C13H15BrN2O5S/c1-21-12-5-10(14)9(4-11(12)17)6-15-16-13(18)8-2-3-22(19,20)7-8/h4-6,8,17H,2-3,7H2,1H3,(H,16,18)/b15-6-/t8-/m0/s1. The molecule has 0 radical (unpaired) electrons. The normalized spacial score (nSPS) is 20.2. The predicted molar refractivity (Wildman–Crippen MR) is 84.9 cm³/mol. The number of nitrogens with zero attached hydrogens (tertiary/aromatic N) is 1. The summed E-state index contributed by atoms with van der Waals surface area (Å²) in [5, 5.41) is 13.5. The molecule has 0 aliphatic carbocycles. The maximum Gasteiger partial charge on any atom is 0.244 e. The topological polar surface area (TPSA) is 105 Å². The van der Waals surface area contributed by atoms with E-state index >= 15 is 0 Å². The molecule has 0 unspecified atom stereocenters. The van der Waals surface area contributed by atoms with Crippen LogP contribution in [-0.4, -0.2) is 44.3 Å². The third kappa shape index (κ3) is 3.98. The van der Waals surface area contributed by atoms with Gasteiger partial charge in [-0.25, -0.2) is 13.8 Å². The monoisotopic (exact) mass is 390 g/mol. The molecule has 1 atom stereocenters. The van der Waals surface area contributed by atoms with E-state index in [1.54, 1.807) is 6.07 Å². The number of hydrogen-bond acceptors (Lipinski definition) is 6. The number of hydrogen-bond donors (Lipinski definition) is 2. The Morgan fingerprint density at radius 2 is 2.27 bits per heavy atom. The average Bonchev–Trinajstić information content (AvgIpc) is 2.82. The zero-order valence-corrected chi connectivity index (χ0v) is 14.1. The van der Waals surface area contributed by atoms with Gasteiger partial charge in [0.2, 0.25) is 5.91 Å². The Labute approximate surface area is 136 Å². The van der Waals surface area contributed by atoms with Crippen LogP contribution in [-0.2, 0) is 14.6 Å². The molecule has 2 N–H and O–H groups in total. The molecule has 0 aromatic heterocycles. The van der Waals surface area contributed by atoms with Crippen LogP contribution in [0, 0.1) is 5.92 Å². The smallest absolute Gasteiger partial charge is 0.244 e. The molecule has 1 amide bonds. The Balaban J connectivity index is 2.01. The van der Waals surface area contributed by atoms with Gasteiger partial charge in [-0.15, -0.1) is 0 Å². The van der Waals surface area contributed by atoms with Crippen LogP contribution in [0.15, 0.2) is 21.7 Å². The third-order valence-corrected chi connectivity index (χ3v) is 5.73. The van der Waals surface area contributed by atoms with Crippen LogP contribution in [0.4, 0.5) is 0 Å². The van der Waals surface area contributed by atoms with E-state index in [1.807, 2.05) is 0 Å². The Morgan fingerprint density at radius 3 is 2.86 bits per heavy atom. The minimum atomic E-state index is -3.10. The first kappa shape index (κ1) is 16.8. The number of carbonyl (C=O) groups is 1. The highest BCUT2D eigenvalue weighted by atomic mass is 79.9. The molecule has 1 aliphatic heterocycles. The van der Waals surface area contributed by atoms with Crippen LogP contribution in [0.25, 0.3) is 0 Å². The van der Waals surface area contributed by atoms with Crippen molar-refractivity contribution >= 4 is 37.9 Å². The molecule has 7 nitrogen and oxygen atoms in total. The van der Waals surface area contributed by atoms with Gasteiger partial charge in [0, 0.05) is 10.0 Å². The van der Waals surface area contributed by atoms with Gasteiger partial charge >= 0.3 is 0 Å². The van der Waals surface area contributed by atoms with Crippen molar-refractivity contribution in [1.29, 1.82) is 0 Å². The summed E-state index contributed by atoms with van der Waals surface area (Å²) in [6.45, 7) is 0. The second-order valence-corrected chi connectivity index (χ2v) is 7.96. The number of nitrogens with one attached hydrogen (secondary N) is 1. The quantitative estimate of drug-likeness (QED) is 0.590. The summed E-state index contributed by atoms with van der Waals surface area (Å²) in [6, 6.07) is 3.00. The molecule has 1 fully saturated rings. The molecule has 120 valence electrons. The van der Waals surface area contributed by atoms with Crippen molar-refractivity contribution in [3.05, 3.63) is 22.2 Å². The van der Waals surface area contributed by atoms with E-state index in [4.69, 9.17) is 4.74 Å². The molecule has 0 spiro atoms. The van der Waals surface area contributed by atoms with Gasteiger partial charge in [-0.2, -0.15) is 5.10 Å². The van der Waals surface area contributed by atoms with Crippen LogP contribution in [0.5, 0.6) is 11.5 Å². The summed E-state index contributed by atoms with van der Waals surface area (Å²) in [6.07, 6.45) is 1.67. The molecular weight excluding hydrogens is 376 g/mol. The number of halogens is 1. The van der Waals surface area contributed by atoms with Gasteiger partial charge in [0.1, 0.15) is 0 Å². The first-order chi connectivity index (χ1) is 10.3. The number of sulfone groups is 1. The molecule has 1 aromatic carbocycles. The third-order valence-electron chi connectivity index (χ3n) is 3.28. The van der Waals surface area contributed by atoms with E-state index in [1.165, 1.54) is 19.4 Å². The van der Waals surface area contributed by atoms with Gasteiger partial charge in [0.25, 0.3) is 0 Å². The number of benzene rings is 1. The highest BCUT2D eigenvalue weighted by Gasteiger charge is 2.32. The Morgan fingerprint density at radius 1 is 1.55 bits per heavy atom. The maximum absolute atomic E-state index is 11.8. The van der Waals surface area contributed by atoms with E-state index < -0.39 is 21.7 Å². The van der Waals surface area contributed by atoms with Crippen molar-refractivity contribution in [1.82, 2.24) is 5.43 Å². The molecule has 9 heteroatoms. The average molecular weight is 391 g/mol. The van der Waals surface area contributed by atoms with Crippen molar-refractivity contribution in [2.75, 3.05) is 18.6 Å². The second-order valence-electron chi connectivity index (χ2n) is 4.88. The van der Waals surface area contributed by atoms with Crippen molar-refractivity contribution in [2.24, 2.45) is 11.0 Å². The van der Waals surface area contributed by atoms with Crippen LogP contribution in [0.3, 0.4) is 0 Å². The predicted octanol–water partition coefficient (Wildman–Crippen LogP) is 1.05. The molecule has 2 rings (SSSR count). The van der Waals surface area contributed by atoms with Crippen molar-refractivity contribution < 1.29 is 23.1 Å². The van der Waals surface area contributed by atoms with Gasteiger partial charge < -0.3 is 9.84 Å². The lowest BCUT2D eigenvalue weighted by Crippen LogP contribution is -2.27. The first-order valence-corrected chi connectivity index (χ1v) is 9.03. The van der Waals surface area contributed by atoms with E-state index in [2.05, 4.69) is 26.5 Å². The van der Waals surface area contributed by atoms with Gasteiger partial charge in [-0.3, -0.25) is 4.79 Å². The highest BCUT2D eigenvalue weighted by molar-refractivity contribution is 9.10. The summed E-state index contributed by atoms with van der Waals surface area (Å²) in [5.41, 5.74) is 2.86. The number of methoxy groups -OCH3 is 1. The van der Waals surface area contributed by atoms with E-state index in [-0.39, 0.29) is 17.3 Å². The summed E-state index contributed by atoms with van der Waals surface area (Å²) in [7, 11) is -1.67. The summed E-state index contributed by atoms with van der Waals surface area (Å²) < 4.78 is 28.2. The van der Waals surface area contributed by atoms with Gasteiger partial charge in [-0.05, 0) is 34.5 Å². The maximum atomic E-state index is 11.8. The SMILES string of the molecule is COc1cc(Br)c(/C=N\NC(=O)[C@H]2CCS(=O)(=O)C2)cc1O. The largest absolute Gasteiger partial charge is 0.504 e. The molecular formula is C13H15BrN2O5S. The number of ether oxygens (including phenoxy) is 1. The van der Waals surface area contributed by atoms with Crippen molar-refractivity contribution in [3.63, 3.8) is 0 Å². The number of amides is 1. The molecule has 1 aromatic rings. The molecule has 0 saturated carbocycles. The highest BCUT2D eigenvalue weighted by Crippen LogP contribution is 2.31. The number of phenols is 1. The van der Waals surface area contributed by atoms with E-state index in [0.717, 1.165) is 0 Å². The molecule has 0 bridgehead atoms. The summed E-state index contributed by atoms with van der Waals surface area (Å²) in [5.74, 6) is -0.834. The molecule has 1 saturated heterocycles. The first-order valence-electron chi connectivity index (χ1n) is 6.42. The summed E-state index contributed by atoms with van der Waals surface area (Å²) >= 11 is 3.30. The van der Waals surface area contributed by atoms with Crippen molar-refractivity contribution in [3.8, 4) is 11.5 Å². The number of phenolic OH excluding ortho intramolecular Hbond substituents is 1. The van der Waals surface area contributed by atoms with Gasteiger partial charge in [0.15, 0.2) is 21.3 Å². The van der Waals surface area contributed by atoms with Crippen LogP contribution >= 0.6 is 15.9 Å². The van der Waals surface area contributed by atoms with E-state index in [0.29, 0.717) is 22.2 Å². The number of hydrazone groups is 1. The number of carbonyl (C=O) groups excluding carboxylic acids is 1. The Hall–Kier alpha value is -1.61. The lowest BCUT2D eigenvalue weighted by molar-refractivity contribution is -0.124. The van der Waals surface area contributed by atoms with Crippen LogP contribution in [0.2, 0.25) is 0 Å². The zero-order valence-electron chi connectivity index (χ0n) is 11.7. The minimum absolute atomic E-state index is 0.0344. The zero-order chi connectivity index (χ0) is 16.3. The summed E-state index contributed by atoms with van der Waals surface area (Å²) in [4.78, 5) is 11.8. The van der Waals surface area contributed by atoms with Crippen LogP contribution < -0.4 is 10.2 Å². The number of rotatable bonds is 4. The lowest BCUT2D eigenvalue weighted by atomic mass is 10.1. The number of aromatic hydroxyl groups is 1. The van der Waals surface area contributed by atoms with Gasteiger partial charge in [-0.1, -0.05) is 0 Å². The fraction of sp³-hybridized carbons (Fsp3) is 0.385. The molecule has 1 aliphatic rings. The van der Waals surface area contributed by atoms with Gasteiger partial charge in [0.05, 0.1) is 30.7 Å². The fourth-order valence-corrected chi connectivity index (χ4v) is 4.25.